The van der Waals surface area contributed by atoms with E-state index >= 15 is 0 Å². The number of hydrogen-bond donors (Lipinski definition) is 2. The van der Waals surface area contributed by atoms with Crippen LogP contribution >= 0.6 is 0 Å². The molecule has 0 fully saturated rings. The average Bonchev–Trinajstić information content (AvgIpc) is 2.33. The lowest BCUT2D eigenvalue weighted by molar-refractivity contribution is -0.139. The number of hydrogen-bond acceptors (Lipinski definition) is 2. The molecular formula is C14H12F4N2. The molecule has 0 saturated heterocycles. The SMILES string of the molecule is Cc1ccc(Nc2ccc(F)c(C(F)(F)F)c2)c(N)c1. The summed E-state index contributed by atoms with van der Waals surface area (Å²) in [6.45, 7) is 1.85. The van der Waals surface area contributed by atoms with Crippen LogP contribution < -0.4 is 11.1 Å². The van der Waals surface area contributed by atoms with E-state index in [1.807, 2.05) is 6.92 Å². The fourth-order valence-electron chi connectivity index (χ4n) is 1.77. The first-order valence-corrected chi connectivity index (χ1v) is 5.77. The molecule has 0 radical (unpaired) electrons. The molecule has 2 rings (SSSR count). The number of benzene rings is 2. The quantitative estimate of drug-likeness (QED) is 0.630. The van der Waals surface area contributed by atoms with Gasteiger partial charge in [0.1, 0.15) is 5.82 Å². The number of halogens is 4. The van der Waals surface area contributed by atoms with Gasteiger partial charge in [-0.05, 0) is 42.8 Å². The van der Waals surface area contributed by atoms with Gasteiger partial charge in [0.15, 0.2) is 0 Å². The number of rotatable bonds is 2. The lowest BCUT2D eigenvalue weighted by Gasteiger charge is -2.13. The molecule has 0 unspecified atom stereocenters. The molecule has 0 saturated carbocycles. The summed E-state index contributed by atoms with van der Waals surface area (Å²) in [4.78, 5) is 0. The first-order valence-electron chi connectivity index (χ1n) is 5.77. The van der Waals surface area contributed by atoms with Gasteiger partial charge in [0.05, 0.1) is 16.9 Å². The van der Waals surface area contributed by atoms with Crippen molar-refractivity contribution in [2.75, 3.05) is 11.1 Å². The Labute approximate surface area is 113 Å². The Morgan fingerprint density at radius 3 is 2.35 bits per heavy atom. The van der Waals surface area contributed by atoms with Crippen LogP contribution in [0.15, 0.2) is 36.4 Å². The van der Waals surface area contributed by atoms with E-state index in [1.165, 1.54) is 6.07 Å². The summed E-state index contributed by atoms with van der Waals surface area (Å²) in [7, 11) is 0. The first kappa shape index (κ1) is 14.2. The van der Waals surface area contributed by atoms with Gasteiger partial charge in [0, 0.05) is 5.69 Å². The number of nitrogens with one attached hydrogen (secondary N) is 1. The van der Waals surface area contributed by atoms with Gasteiger partial charge in [-0.2, -0.15) is 13.2 Å². The van der Waals surface area contributed by atoms with Crippen LogP contribution in [0.1, 0.15) is 11.1 Å². The Morgan fingerprint density at radius 1 is 1.05 bits per heavy atom. The van der Waals surface area contributed by atoms with Gasteiger partial charge in [-0.3, -0.25) is 0 Å². The molecule has 106 valence electrons. The topological polar surface area (TPSA) is 38.0 Å². The monoisotopic (exact) mass is 284 g/mol. The Morgan fingerprint density at radius 2 is 1.75 bits per heavy atom. The van der Waals surface area contributed by atoms with E-state index in [2.05, 4.69) is 5.32 Å². The summed E-state index contributed by atoms with van der Waals surface area (Å²) >= 11 is 0. The van der Waals surface area contributed by atoms with E-state index in [4.69, 9.17) is 5.73 Å². The number of aryl methyl sites for hydroxylation is 1. The highest BCUT2D eigenvalue weighted by Gasteiger charge is 2.34. The summed E-state index contributed by atoms with van der Waals surface area (Å²) < 4.78 is 51.0. The zero-order valence-electron chi connectivity index (χ0n) is 10.6. The van der Waals surface area contributed by atoms with E-state index in [1.54, 1.807) is 18.2 Å². The van der Waals surface area contributed by atoms with Crippen molar-refractivity contribution in [3.8, 4) is 0 Å². The maximum atomic E-state index is 13.2. The molecule has 20 heavy (non-hydrogen) atoms. The van der Waals surface area contributed by atoms with Crippen LogP contribution in [0.4, 0.5) is 34.6 Å². The summed E-state index contributed by atoms with van der Waals surface area (Å²) in [6, 6.07) is 7.83. The number of anilines is 3. The second-order valence-corrected chi connectivity index (χ2v) is 4.41. The van der Waals surface area contributed by atoms with Crippen molar-refractivity contribution >= 4 is 17.1 Å². The van der Waals surface area contributed by atoms with Crippen molar-refractivity contribution in [2.45, 2.75) is 13.1 Å². The van der Waals surface area contributed by atoms with Crippen LogP contribution in [0, 0.1) is 12.7 Å². The van der Waals surface area contributed by atoms with E-state index < -0.39 is 17.6 Å². The number of nitrogen functional groups attached to an aromatic ring is 1. The van der Waals surface area contributed by atoms with Gasteiger partial charge in [0.2, 0.25) is 0 Å². The zero-order valence-corrected chi connectivity index (χ0v) is 10.6. The van der Waals surface area contributed by atoms with Gasteiger partial charge in [0.25, 0.3) is 0 Å². The Hall–Kier alpha value is -2.24. The zero-order chi connectivity index (χ0) is 14.9. The lowest BCUT2D eigenvalue weighted by atomic mass is 10.1. The predicted octanol–water partition coefficient (Wildman–Crippen LogP) is 4.48. The fraction of sp³-hybridized carbons (Fsp3) is 0.143. The summed E-state index contributed by atoms with van der Waals surface area (Å²) in [5.74, 6) is -1.31. The normalized spacial score (nSPS) is 11.4. The molecule has 0 spiro atoms. The molecule has 2 aromatic rings. The van der Waals surface area contributed by atoms with Crippen molar-refractivity contribution < 1.29 is 17.6 Å². The highest BCUT2D eigenvalue weighted by molar-refractivity contribution is 5.73. The van der Waals surface area contributed by atoms with E-state index in [-0.39, 0.29) is 5.69 Å². The van der Waals surface area contributed by atoms with Crippen LogP contribution in [0.25, 0.3) is 0 Å². The summed E-state index contributed by atoms with van der Waals surface area (Å²) in [5, 5.41) is 2.75. The molecule has 2 nitrogen and oxygen atoms in total. The molecule has 0 heterocycles. The average molecular weight is 284 g/mol. The van der Waals surface area contributed by atoms with Crippen molar-refractivity contribution in [2.24, 2.45) is 0 Å². The van der Waals surface area contributed by atoms with E-state index in [0.29, 0.717) is 17.4 Å². The van der Waals surface area contributed by atoms with Crippen LogP contribution in [0.3, 0.4) is 0 Å². The van der Waals surface area contributed by atoms with Crippen molar-refractivity contribution in [1.29, 1.82) is 0 Å². The minimum Gasteiger partial charge on any atom is -0.397 e. The smallest absolute Gasteiger partial charge is 0.397 e. The molecule has 2 aromatic carbocycles. The molecule has 6 heteroatoms. The van der Waals surface area contributed by atoms with Crippen LogP contribution in [-0.4, -0.2) is 0 Å². The minimum atomic E-state index is -4.74. The maximum Gasteiger partial charge on any atom is 0.419 e. The molecule has 0 aliphatic heterocycles. The van der Waals surface area contributed by atoms with Crippen LogP contribution in [0.5, 0.6) is 0 Å². The number of nitrogens with two attached hydrogens (primary N) is 1. The molecule has 0 atom stereocenters. The highest BCUT2D eigenvalue weighted by Crippen LogP contribution is 2.34. The Kier molecular flexibility index (Phi) is 3.57. The van der Waals surface area contributed by atoms with Gasteiger partial charge in [-0.1, -0.05) is 6.07 Å². The standard InChI is InChI=1S/C14H12F4N2/c1-8-2-5-13(12(19)6-8)20-9-3-4-11(15)10(7-9)14(16,17)18/h2-7,20H,19H2,1H3. The predicted molar refractivity (Wildman–Crippen MR) is 70.3 cm³/mol. The van der Waals surface area contributed by atoms with Gasteiger partial charge >= 0.3 is 6.18 Å². The molecule has 3 N–H and O–H groups in total. The molecular weight excluding hydrogens is 272 g/mol. The largest absolute Gasteiger partial charge is 0.419 e. The summed E-state index contributed by atoms with van der Waals surface area (Å²) in [6.07, 6.45) is -4.74. The van der Waals surface area contributed by atoms with Crippen molar-refractivity contribution in [3.63, 3.8) is 0 Å². The molecule has 0 amide bonds. The third-order valence-corrected chi connectivity index (χ3v) is 2.76. The molecule has 0 bridgehead atoms. The first-order chi connectivity index (χ1) is 9.27. The van der Waals surface area contributed by atoms with Crippen LogP contribution in [-0.2, 0) is 6.18 Å². The lowest BCUT2D eigenvalue weighted by Crippen LogP contribution is -2.08. The Balaban J connectivity index is 2.35. The fourth-order valence-corrected chi connectivity index (χ4v) is 1.77. The van der Waals surface area contributed by atoms with Crippen LogP contribution in [0.2, 0.25) is 0 Å². The molecule has 0 aliphatic rings. The molecule has 0 aromatic heterocycles. The summed E-state index contributed by atoms with van der Waals surface area (Å²) in [5.41, 5.74) is 6.38. The van der Waals surface area contributed by atoms with Gasteiger partial charge in [-0.15, -0.1) is 0 Å². The van der Waals surface area contributed by atoms with Crippen molar-refractivity contribution in [1.82, 2.24) is 0 Å². The second-order valence-electron chi connectivity index (χ2n) is 4.41. The Bertz CT molecular complexity index is 636. The van der Waals surface area contributed by atoms with E-state index in [9.17, 15) is 17.6 Å². The van der Waals surface area contributed by atoms with Crippen molar-refractivity contribution in [3.05, 3.63) is 53.3 Å². The third-order valence-electron chi connectivity index (χ3n) is 2.76. The van der Waals surface area contributed by atoms with Gasteiger partial charge in [-0.25, -0.2) is 4.39 Å². The molecule has 0 aliphatic carbocycles. The minimum absolute atomic E-state index is 0.120. The highest BCUT2D eigenvalue weighted by atomic mass is 19.4. The third kappa shape index (κ3) is 3.01. The van der Waals surface area contributed by atoms with E-state index in [0.717, 1.165) is 11.6 Å². The maximum absolute atomic E-state index is 13.2. The number of alkyl halides is 3. The van der Waals surface area contributed by atoms with Gasteiger partial charge < -0.3 is 11.1 Å². The second kappa shape index (κ2) is 5.03.